The first-order valence-electron chi connectivity index (χ1n) is 12.8. The molecule has 190 valence electrons. The van der Waals surface area contributed by atoms with E-state index in [0.717, 1.165) is 71.1 Å². The number of H-pyrrole nitrogens is 1. The first-order valence-corrected chi connectivity index (χ1v) is 12.8. The fourth-order valence-electron chi connectivity index (χ4n) is 7.56. The zero-order valence-corrected chi connectivity index (χ0v) is 20.8. The Bertz CT molecular complexity index is 1360. The van der Waals surface area contributed by atoms with Crippen molar-refractivity contribution in [3.05, 3.63) is 64.3 Å². The molecule has 3 aromatic rings. The lowest BCUT2D eigenvalue weighted by atomic mass is 9.54. The van der Waals surface area contributed by atoms with E-state index in [9.17, 15) is 18.7 Å². The van der Waals surface area contributed by atoms with Crippen molar-refractivity contribution in [2.45, 2.75) is 69.9 Å². The van der Waals surface area contributed by atoms with Crippen LogP contribution >= 0.6 is 0 Å². The SMILES string of the molecule is COc1cc(C)c2[nH]ccc2c1CN1CCC2(CC(F)(F)C2)C[C@]12CCCc1cc(C(=O)O)ccc12. The molecular formula is C29H32F2N2O3. The highest BCUT2D eigenvalue weighted by Gasteiger charge is 2.62. The molecule has 2 aliphatic carbocycles. The Hall–Kier alpha value is -2.93. The van der Waals surface area contributed by atoms with Crippen LogP contribution in [0.2, 0.25) is 0 Å². The standard InChI is InChI=1S/C29H32F2N2O3/c1-18-12-24(36-2)22(21-7-10-32-25(18)21)14-33-11-9-27(16-29(30,31)17-27)15-28(33)8-3-4-19-13-20(26(34)35)5-6-23(19)28/h5-7,10,12-13,32H,3-4,8-9,11,14-17H2,1-2H3,(H,34,35)/t28-/m0/s1. The van der Waals surface area contributed by atoms with E-state index in [2.05, 4.69) is 28.9 Å². The molecule has 1 saturated carbocycles. The number of alkyl halides is 2. The van der Waals surface area contributed by atoms with E-state index < -0.39 is 17.4 Å². The van der Waals surface area contributed by atoms with E-state index in [1.165, 1.54) is 0 Å². The Labute approximate surface area is 209 Å². The maximum Gasteiger partial charge on any atom is 0.335 e. The van der Waals surface area contributed by atoms with Gasteiger partial charge < -0.3 is 14.8 Å². The van der Waals surface area contributed by atoms with Gasteiger partial charge in [-0.2, -0.15) is 0 Å². The van der Waals surface area contributed by atoms with Crippen molar-refractivity contribution < 1.29 is 23.4 Å². The molecule has 5 nitrogen and oxygen atoms in total. The number of hydrogen-bond donors (Lipinski definition) is 2. The fourth-order valence-corrected chi connectivity index (χ4v) is 7.56. The van der Waals surface area contributed by atoms with E-state index in [1.54, 1.807) is 19.2 Å². The summed E-state index contributed by atoms with van der Waals surface area (Å²) in [5.41, 5.74) is 4.97. The van der Waals surface area contributed by atoms with Crippen LogP contribution in [0.1, 0.15) is 71.1 Å². The molecule has 2 N–H and O–H groups in total. The van der Waals surface area contributed by atoms with Crippen LogP contribution in [0.5, 0.6) is 5.75 Å². The largest absolute Gasteiger partial charge is 0.496 e. The summed E-state index contributed by atoms with van der Waals surface area (Å²) in [4.78, 5) is 17.5. The average molecular weight is 495 g/mol. The second-order valence-corrected chi connectivity index (χ2v) is 11.3. The minimum absolute atomic E-state index is 0.0476. The number of aromatic amines is 1. The summed E-state index contributed by atoms with van der Waals surface area (Å²) < 4.78 is 34.2. The Morgan fingerprint density at radius 2 is 1.97 bits per heavy atom. The van der Waals surface area contributed by atoms with E-state index in [1.807, 2.05) is 12.3 Å². The summed E-state index contributed by atoms with van der Waals surface area (Å²) in [7, 11) is 1.69. The number of aryl methyl sites for hydroxylation is 2. The molecule has 0 bridgehead atoms. The lowest BCUT2D eigenvalue weighted by molar-refractivity contribution is -0.202. The number of likely N-dealkylation sites (tertiary alicyclic amines) is 1. The van der Waals surface area contributed by atoms with Gasteiger partial charge in [-0.1, -0.05) is 6.07 Å². The van der Waals surface area contributed by atoms with Crippen molar-refractivity contribution in [3.8, 4) is 5.75 Å². The summed E-state index contributed by atoms with van der Waals surface area (Å²) in [6.45, 7) is 3.43. The highest BCUT2D eigenvalue weighted by atomic mass is 19.3. The molecule has 1 atom stereocenters. The molecular weight excluding hydrogens is 462 g/mol. The predicted molar refractivity (Wildman–Crippen MR) is 134 cm³/mol. The third-order valence-electron chi connectivity index (χ3n) is 9.02. The Balaban J connectivity index is 1.47. The molecule has 2 heterocycles. The zero-order chi connectivity index (χ0) is 25.3. The summed E-state index contributed by atoms with van der Waals surface area (Å²) in [5, 5.41) is 10.7. The van der Waals surface area contributed by atoms with Gasteiger partial charge in [0.2, 0.25) is 5.92 Å². The van der Waals surface area contributed by atoms with Gasteiger partial charge in [-0.05, 0) is 91.9 Å². The van der Waals surface area contributed by atoms with Crippen LogP contribution in [-0.4, -0.2) is 40.5 Å². The molecule has 2 fully saturated rings. The van der Waals surface area contributed by atoms with Crippen molar-refractivity contribution >= 4 is 16.9 Å². The Morgan fingerprint density at radius 1 is 1.17 bits per heavy atom. The van der Waals surface area contributed by atoms with Crippen LogP contribution in [0, 0.1) is 12.3 Å². The number of aromatic carboxylic acids is 1. The molecule has 1 saturated heterocycles. The topological polar surface area (TPSA) is 65.6 Å². The van der Waals surface area contributed by atoms with Gasteiger partial charge in [-0.15, -0.1) is 0 Å². The number of aromatic nitrogens is 1. The normalized spacial score (nSPS) is 24.6. The van der Waals surface area contributed by atoms with Crippen molar-refractivity contribution in [1.82, 2.24) is 9.88 Å². The lowest BCUT2D eigenvalue weighted by Gasteiger charge is -2.61. The van der Waals surface area contributed by atoms with Crippen LogP contribution in [-0.2, 0) is 18.5 Å². The van der Waals surface area contributed by atoms with Gasteiger partial charge in [0, 0.05) is 47.6 Å². The van der Waals surface area contributed by atoms with Gasteiger partial charge in [0.15, 0.2) is 0 Å². The fraction of sp³-hybridized carbons (Fsp3) is 0.483. The molecule has 1 aliphatic heterocycles. The smallest absolute Gasteiger partial charge is 0.335 e. The number of methoxy groups -OCH3 is 1. The van der Waals surface area contributed by atoms with Crippen molar-refractivity contribution in [3.63, 3.8) is 0 Å². The number of piperidine rings is 1. The van der Waals surface area contributed by atoms with Crippen molar-refractivity contribution in [1.29, 1.82) is 0 Å². The minimum atomic E-state index is -2.58. The monoisotopic (exact) mass is 494 g/mol. The molecule has 3 aliphatic rings. The second kappa shape index (κ2) is 8.04. The van der Waals surface area contributed by atoms with Crippen LogP contribution in [0.25, 0.3) is 10.9 Å². The Morgan fingerprint density at radius 3 is 2.69 bits per heavy atom. The predicted octanol–water partition coefficient (Wildman–Crippen LogP) is 6.43. The maximum absolute atomic E-state index is 14.2. The maximum atomic E-state index is 14.2. The van der Waals surface area contributed by atoms with Gasteiger partial charge >= 0.3 is 5.97 Å². The minimum Gasteiger partial charge on any atom is -0.496 e. The van der Waals surface area contributed by atoms with Crippen molar-refractivity contribution in [2.75, 3.05) is 13.7 Å². The zero-order valence-electron chi connectivity index (χ0n) is 20.8. The number of nitrogens with zero attached hydrogens (tertiary/aromatic N) is 1. The van der Waals surface area contributed by atoms with Crippen LogP contribution in [0.15, 0.2) is 36.5 Å². The molecule has 36 heavy (non-hydrogen) atoms. The number of carbonyl (C=O) groups is 1. The van der Waals surface area contributed by atoms with E-state index in [4.69, 9.17) is 4.74 Å². The van der Waals surface area contributed by atoms with E-state index in [-0.39, 0.29) is 23.8 Å². The highest BCUT2D eigenvalue weighted by molar-refractivity contribution is 5.88. The molecule has 2 spiro atoms. The highest BCUT2D eigenvalue weighted by Crippen LogP contribution is 2.63. The molecule has 1 aromatic heterocycles. The molecule has 2 aromatic carbocycles. The first-order chi connectivity index (χ1) is 17.2. The van der Waals surface area contributed by atoms with Crippen molar-refractivity contribution in [2.24, 2.45) is 5.41 Å². The molecule has 0 radical (unpaired) electrons. The number of benzene rings is 2. The number of carboxylic acid groups (broad SMARTS) is 1. The summed E-state index contributed by atoms with van der Waals surface area (Å²) in [5.74, 6) is -2.68. The second-order valence-electron chi connectivity index (χ2n) is 11.3. The first kappa shape index (κ1) is 23.5. The number of rotatable bonds is 4. The average Bonchev–Trinajstić information content (AvgIpc) is 3.31. The number of fused-ring (bicyclic) bond motifs is 3. The number of carboxylic acids is 1. The molecule has 0 unspecified atom stereocenters. The molecule has 7 heteroatoms. The quantitative estimate of drug-likeness (QED) is 0.439. The third-order valence-corrected chi connectivity index (χ3v) is 9.02. The number of ether oxygens (including phenoxy) is 1. The van der Waals surface area contributed by atoms with E-state index >= 15 is 0 Å². The Kier molecular flexibility index (Phi) is 5.24. The van der Waals surface area contributed by atoms with Crippen LogP contribution in [0.4, 0.5) is 8.78 Å². The van der Waals surface area contributed by atoms with Crippen LogP contribution in [0.3, 0.4) is 0 Å². The van der Waals surface area contributed by atoms with Gasteiger partial charge in [0.05, 0.1) is 12.7 Å². The number of hydrogen-bond acceptors (Lipinski definition) is 3. The molecule has 6 rings (SSSR count). The van der Waals surface area contributed by atoms with Crippen LogP contribution < -0.4 is 4.74 Å². The summed E-state index contributed by atoms with van der Waals surface area (Å²) >= 11 is 0. The van der Waals surface area contributed by atoms with Gasteiger partial charge in [-0.3, -0.25) is 4.90 Å². The summed E-state index contributed by atoms with van der Waals surface area (Å²) in [6.07, 6.45) is 5.87. The third kappa shape index (κ3) is 3.54. The lowest BCUT2D eigenvalue weighted by Crippen LogP contribution is -2.60. The number of halogens is 2. The van der Waals surface area contributed by atoms with Gasteiger partial charge in [0.25, 0.3) is 0 Å². The molecule has 0 amide bonds. The van der Waals surface area contributed by atoms with Gasteiger partial charge in [-0.25, -0.2) is 13.6 Å². The number of nitrogens with one attached hydrogen (secondary N) is 1. The van der Waals surface area contributed by atoms with Gasteiger partial charge in [0.1, 0.15) is 5.75 Å². The summed E-state index contributed by atoms with van der Waals surface area (Å²) in [6, 6.07) is 9.58. The van der Waals surface area contributed by atoms with E-state index in [0.29, 0.717) is 13.0 Å².